The highest BCUT2D eigenvalue weighted by Gasteiger charge is 2.27. The molecule has 0 saturated heterocycles. The third-order valence-corrected chi connectivity index (χ3v) is 4.34. The molecule has 20 heavy (non-hydrogen) atoms. The summed E-state index contributed by atoms with van der Waals surface area (Å²) in [6.07, 6.45) is 5.26. The quantitative estimate of drug-likeness (QED) is 0.893. The maximum atomic E-state index is 6.05. The van der Waals surface area contributed by atoms with Gasteiger partial charge < -0.3 is 15.2 Å². The number of hydrogen-bond acceptors (Lipinski definition) is 3. The molecular weight excluding hydrogens is 250 g/mol. The molecule has 0 bridgehead atoms. The number of rotatable bonds is 5. The molecular formula is C17H27NO2. The largest absolute Gasteiger partial charge is 0.496 e. The first-order valence-electron chi connectivity index (χ1n) is 7.51. The lowest BCUT2D eigenvalue weighted by Crippen LogP contribution is -2.26. The van der Waals surface area contributed by atoms with Crippen molar-refractivity contribution in [1.82, 2.24) is 0 Å². The van der Waals surface area contributed by atoms with E-state index in [0.717, 1.165) is 16.9 Å². The minimum atomic E-state index is 0.406. The van der Waals surface area contributed by atoms with Crippen LogP contribution in [0, 0.1) is 5.41 Å². The van der Waals surface area contributed by atoms with Crippen molar-refractivity contribution in [3.63, 3.8) is 0 Å². The second-order valence-corrected chi connectivity index (χ2v) is 6.52. The lowest BCUT2D eigenvalue weighted by molar-refractivity contribution is -0.00564. The van der Waals surface area contributed by atoms with Crippen LogP contribution in [0.1, 0.15) is 50.7 Å². The average Bonchev–Trinajstić information content (AvgIpc) is 2.45. The smallest absolute Gasteiger partial charge is 0.123 e. The minimum Gasteiger partial charge on any atom is -0.496 e. The Labute approximate surface area is 122 Å². The van der Waals surface area contributed by atoms with Crippen molar-refractivity contribution in [1.29, 1.82) is 0 Å². The summed E-state index contributed by atoms with van der Waals surface area (Å²) < 4.78 is 11.4. The van der Waals surface area contributed by atoms with E-state index in [1.165, 1.54) is 25.7 Å². The van der Waals surface area contributed by atoms with E-state index in [4.69, 9.17) is 15.2 Å². The second kappa shape index (κ2) is 6.59. The summed E-state index contributed by atoms with van der Waals surface area (Å²) in [6.45, 7) is 5.85. The molecule has 112 valence electrons. The van der Waals surface area contributed by atoms with Gasteiger partial charge in [-0.25, -0.2) is 0 Å². The van der Waals surface area contributed by atoms with Crippen LogP contribution in [0.4, 0.5) is 0 Å². The van der Waals surface area contributed by atoms with Crippen LogP contribution >= 0.6 is 0 Å². The van der Waals surface area contributed by atoms with Crippen LogP contribution in [0.15, 0.2) is 18.2 Å². The van der Waals surface area contributed by atoms with Crippen LogP contribution in [0.3, 0.4) is 0 Å². The van der Waals surface area contributed by atoms with Crippen molar-refractivity contribution in [3.05, 3.63) is 29.3 Å². The summed E-state index contributed by atoms with van der Waals surface area (Å²) in [5.74, 6) is 0.860. The Morgan fingerprint density at radius 1 is 1.25 bits per heavy atom. The summed E-state index contributed by atoms with van der Waals surface area (Å²) in [4.78, 5) is 0. The molecule has 3 heteroatoms. The van der Waals surface area contributed by atoms with Crippen LogP contribution in [0.2, 0.25) is 0 Å². The first-order chi connectivity index (χ1) is 9.54. The molecule has 0 heterocycles. The molecule has 3 nitrogen and oxygen atoms in total. The van der Waals surface area contributed by atoms with Gasteiger partial charge in [0.1, 0.15) is 5.75 Å². The Bertz CT molecular complexity index is 433. The van der Waals surface area contributed by atoms with Crippen molar-refractivity contribution in [2.45, 2.75) is 58.8 Å². The molecule has 1 aromatic carbocycles. The van der Waals surface area contributed by atoms with E-state index in [1.807, 2.05) is 12.1 Å². The highest BCUT2D eigenvalue weighted by atomic mass is 16.5. The van der Waals surface area contributed by atoms with Crippen molar-refractivity contribution >= 4 is 0 Å². The van der Waals surface area contributed by atoms with Gasteiger partial charge in [-0.1, -0.05) is 26.0 Å². The summed E-state index contributed by atoms with van der Waals surface area (Å²) in [6, 6.07) is 6.15. The molecule has 1 aromatic rings. The zero-order chi connectivity index (χ0) is 14.6. The van der Waals surface area contributed by atoms with Crippen LogP contribution in [-0.4, -0.2) is 13.2 Å². The van der Waals surface area contributed by atoms with Crippen LogP contribution in [0.5, 0.6) is 5.75 Å². The first-order valence-corrected chi connectivity index (χ1v) is 7.51. The van der Waals surface area contributed by atoms with Gasteiger partial charge in [0.2, 0.25) is 0 Å². The maximum absolute atomic E-state index is 6.05. The number of methoxy groups -OCH3 is 1. The predicted molar refractivity (Wildman–Crippen MR) is 81.7 cm³/mol. The molecule has 0 spiro atoms. The van der Waals surface area contributed by atoms with E-state index in [-0.39, 0.29) is 0 Å². The number of hydrogen-bond donors (Lipinski definition) is 1. The second-order valence-electron chi connectivity index (χ2n) is 6.52. The Morgan fingerprint density at radius 3 is 2.55 bits per heavy atom. The fourth-order valence-electron chi connectivity index (χ4n) is 2.80. The van der Waals surface area contributed by atoms with Crippen molar-refractivity contribution in [2.75, 3.05) is 7.11 Å². The molecule has 2 rings (SSSR count). The van der Waals surface area contributed by atoms with Crippen molar-refractivity contribution in [3.8, 4) is 5.75 Å². The summed E-state index contributed by atoms with van der Waals surface area (Å²) in [5.41, 5.74) is 8.37. The normalized spacial score (nSPS) is 19.0. The third-order valence-electron chi connectivity index (χ3n) is 4.34. The molecule has 1 aliphatic rings. The summed E-state index contributed by atoms with van der Waals surface area (Å²) >= 11 is 0. The SMILES string of the molecule is COc1cc(COC2CCC(C)(C)CC2)ccc1CN. The fraction of sp³-hybridized carbons (Fsp3) is 0.647. The van der Waals surface area contributed by atoms with E-state index < -0.39 is 0 Å². The Kier molecular flexibility index (Phi) is 5.06. The molecule has 0 atom stereocenters. The molecule has 1 aliphatic carbocycles. The van der Waals surface area contributed by atoms with E-state index in [9.17, 15) is 0 Å². The molecule has 0 unspecified atom stereocenters. The predicted octanol–water partition coefficient (Wildman–Crippen LogP) is 3.64. The molecule has 0 aliphatic heterocycles. The Balaban J connectivity index is 1.88. The van der Waals surface area contributed by atoms with Crippen molar-refractivity contribution < 1.29 is 9.47 Å². The zero-order valence-electron chi connectivity index (χ0n) is 12.9. The lowest BCUT2D eigenvalue weighted by atomic mass is 9.76. The minimum absolute atomic E-state index is 0.406. The average molecular weight is 277 g/mol. The monoisotopic (exact) mass is 277 g/mol. The van der Waals surface area contributed by atoms with E-state index >= 15 is 0 Å². The first kappa shape index (κ1) is 15.3. The standard InChI is InChI=1S/C17H27NO2/c1-17(2)8-6-15(7-9-17)20-12-13-4-5-14(11-18)16(10-13)19-3/h4-5,10,15H,6-9,11-12,18H2,1-3H3. The van der Waals surface area contributed by atoms with Crippen molar-refractivity contribution in [2.24, 2.45) is 11.1 Å². The van der Waals surface area contributed by atoms with Gasteiger partial charge in [-0.05, 0) is 42.7 Å². The van der Waals surface area contributed by atoms with Gasteiger partial charge >= 0.3 is 0 Å². The van der Waals surface area contributed by atoms with E-state index in [1.54, 1.807) is 7.11 Å². The Hall–Kier alpha value is -1.06. The van der Waals surface area contributed by atoms with Gasteiger partial charge in [-0.3, -0.25) is 0 Å². The number of benzene rings is 1. The van der Waals surface area contributed by atoms with Gasteiger partial charge in [0.05, 0.1) is 19.8 Å². The maximum Gasteiger partial charge on any atom is 0.123 e. The van der Waals surface area contributed by atoms with E-state index in [0.29, 0.717) is 24.7 Å². The summed E-state index contributed by atoms with van der Waals surface area (Å²) in [7, 11) is 1.68. The van der Waals surface area contributed by atoms with Crippen LogP contribution in [0.25, 0.3) is 0 Å². The summed E-state index contributed by atoms with van der Waals surface area (Å²) in [5, 5.41) is 0. The zero-order valence-corrected chi connectivity index (χ0v) is 12.9. The fourth-order valence-corrected chi connectivity index (χ4v) is 2.80. The Morgan fingerprint density at radius 2 is 1.95 bits per heavy atom. The number of nitrogens with two attached hydrogens (primary N) is 1. The number of ether oxygens (including phenoxy) is 2. The highest BCUT2D eigenvalue weighted by molar-refractivity contribution is 5.37. The third kappa shape index (κ3) is 3.97. The highest BCUT2D eigenvalue weighted by Crippen LogP contribution is 2.36. The van der Waals surface area contributed by atoms with Gasteiger partial charge in [0.25, 0.3) is 0 Å². The van der Waals surface area contributed by atoms with Crippen LogP contribution < -0.4 is 10.5 Å². The topological polar surface area (TPSA) is 44.5 Å². The van der Waals surface area contributed by atoms with Gasteiger partial charge in [-0.15, -0.1) is 0 Å². The molecule has 0 amide bonds. The van der Waals surface area contributed by atoms with Gasteiger partial charge in [0, 0.05) is 12.1 Å². The molecule has 1 saturated carbocycles. The van der Waals surface area contributed by atoms with Gasteiger partial charge in [-0.2, -0.15) is 0 Å². The molecule has 2 N–H and O–H groups in total. The molecule has 1 fully saturated rings. The molecule has 0 aromatic heterocycles. The van der Waals surface area contributed by atoms with Crippen LogP contribution in [-0.2, 0) is 17.9 Å². The lowest BCUT2D eigenvalue weighted by Gasteiger charge is -2.34. The van der Waals surface area contributed by atoms with E-state index in [2.05, 4.69) is 19.9 Å². The molecule has 0 radical (unpaired) electrons. The van der Waals surface area contributed by atoms with Gasteiger partial charge in [0.15, 0.2) is 0 Å².